The molecule has 0 aromatic heterocycles. The Bertz CT molecular complexity index is 377. The lowest BCUT2D eigenvalue weighted by Crippen LogP contribution is -2.17. The number of carbonyl (C=O) groups is 1. The lowest BCUT2D eigenvalue weighted by atomic mass is 9.96. The average molecular weight is 237 g/mol. The Morgan fingerprint density at radius 1 is 1.41 bits per heavy atom. The molecule has 1 rings (SSSR count). The summed E-state index contributed by atoms with van der Waals surface area (Å²) in [5.74, 6) is -0.826. The Kier molecular flexibility index (Phi) is 5.13. The van der Waals surface area contributed by atoms with Crippen LogP contribution in [-0.2, 0) is 9.53 Å². The summed E-state index contributed by atoms with van der Waals surface area (Å²) >= 11 is 0. The van der Waals surface area contributed by atoms with Gasteiger partial charge in [0.25, 0.3) is 0 Å². The molecule has 0 radical (unpaired) electrons. The number of carbonyl (C=O) groups excluding carboxylic acids is 1. The van der Waals surface area contributed by atoms with Crippen molar-refractivity contribution in [3.8, 4) is 0 Å². The van der Waals surface area contributed by atoms with Gasteiger partial charge >= 0.3 is 5.97 Å². The van der Waals surface area contributed by atoms with Crippen LogP contribution in [0.5, 0.6) is 0 Å². The maximum atomic E-state index is 11.4. The first-order valence-electron chi connectivity index (χ1n) is 5.45. The zero-order chi connectivity index (χ0) is 12.7. The minimum Gasteiger partial charge on any atom is -0.466 e. The van der Waals surface area contributed by atoms with E-state index in [-0.39, 0.29) is 13.0 Å². The molecule has 1 aromatic rings. The predicted molar refractivity (Wildman–Crippen MR) is 62.3 cm³/mol. The molecule has 5 nitrogen and oxygen atoms in total. The Morgan fingerprint density at radius 2 is 2.06 bits per heavy atom. The summed E-state index contributed by atoms with van der Waals surface area (Å²) in [7, 11) is 0. The Labute approximate surface area is 99.5 Å². The van der Waals surface area contributed by atoms with E-state index >= 15 is 0 Å². The van der Waals surface area contributed by atoms with E-state index in [1.54, 1.807) is 31.2 Å². The van der Waals surface area contributed by atoms with Gasteiger partial charge in [0, 0.05) is 4.92 Å². The summed E-state index contributed by atoms with van der Waals surface area (Å²) in [4.78, 5) is 21.5. The number of ether oxygens (including phenoxy) is 1. The van der Waals surface area contributed by atoms with Crippen LogP contribution in [0.2, 0.25) is 0 Å². The minimum absolute atomic E-state index is 0.0405. The molecular formula is C12H15NO4. The lowest BCUT2D eigenvalue weighted by Gasteiger charge is -2.12. The van der Waals surface area contributed by atoms with E-state index in [0.717, 1.165) is 5.56 Å². The van der Waals surface area contributed by atoms with Gasteiger partial charge in [-0.25, -0.2) is 0 Å². The van der Waals surface area contributed by atoms with Crippen LogP contribution in [0.15, 0.2) is 30.3 Å². The van der Waals surface area contributed by atoms with Gasteiger partial charge in [-0.15, -0.1) is 0 Å². The van der Waals surface area contributed by atoms with Crippen molar-refractivity contribution < 1.29 is 14.5 Å². The summed E-state index contributed by atoms with van der Waals surface area (Å²) < 4.78 is 4.81. The molecule has 0 bridgehead atoms. The van der Waals surface area contributed by atoms with Crippen molar-refractivity contribution in [2.45, 2.75) is 19.3 Å². The van der Waals surface area contributed by atoms with Gasteiger partial charge in [-0.05, 0) is 12.5 Å². The molecule has 0 N–H and O–H groups in total. The molecule has 1 aromatic carbocycles. The first-order valence-corrected chi connectivity index (χ1v) is 5.45. The molecule has 1 unspecified atom stereocenters. The van der Waals surface area contributed by atoms with Crippen molar-refractivity contribution in [2.75, 3.05) is 13.2 Å². The molecule has 92 valence electrons. The number of esters is 1. The molecule has 0 spiro atoms. The zero-order valence-electron chi connectivity index (χ0n) is 9.67. The third-order valence-corrected chi connectivity index (χ3v) is 2.36. The number of nitrogens with zero attached hydrogens (tertiary/aromatic N) is 1. The molecule has 0 aliphatic heterocycles. The summed E-state index contributed by atoms with van der Waals surface area (Å²) in [6.45, 7) is 1.74. The smallest absolute Gasteiger partial charge is 0.306 e. The number of nitro groups is 1. The first-order chi connectivity index (χ1) is 8.13. The van der Waals surface area contributed by atoms with Crippen molar-refractivity contribution >= 4 is 5.97 Å². The molecule has 5 heteroatoms. The molecule has 0 amide bonds. The fraction of sp³-hybridized carbons (Fsp3) is 0.417. The average Bonchev–Trinajstić information content (AvgIpc) is 2.29. The third-order valence-electron chi connectivity index (χ3n) is 2.36. The molecule has 0 fully saturated rings. The highest BCUT2D eigenvalue weighted by atomic mass is 16.6. The highest BCUT2D eigenvalue weighted by Gasteiger charge is 2.21. The van der Waals surface area contributed by atoms with E-state index in [0.29, 0.717) is 6.61 Å². The second-order valence-electron chi connectivity index (χ2n) is 3.63. The molecule has 0 saturated heterocycles. The predicted octanol–water partition coefficient (Wildman–Crippen LogP) is 2.00. The molecule has 0 saturated carbocycles. The zero-order valence-corrected chi connectivity index (χ0v) is 9.67. The summed E-state index contributed by atoms with van der Waals surface area (Å²) in [6.07, 6.45) is 0.0405. The van der Waals surface area contributed by atoms with Crippen LogP contribution in [0.3, 0.4) is 0 Å². The fourth-order valence-electron chi connectivity index (χ4n) is 1.61. The first kappa shape index (κ1) is 13.2. The fourth-order valence-corrected chi connectivity index (χ4v) is 1.61. The van der Waals surface area contributed by atoms with Crippen molar-refractivity contribution in [1.82, 2.24) is 0 Å². The van der Waals surface area contributed by atoms with Crippen LogP contribution in [-0.4, -0.2) is 24.0 Å². The SMILES string of the molecule is CCOC(=O)CC(C[N+](=O)[O-])c1ccccc1. The molecule has 1 atom stereocenters. The van der Waals surface area contributed by atoms with Crippen LogP contribution < -0.4 is 0 Å². The van der Waals surface area contributed by atoms with Gasteiger partial charge in [-0.3, -0.25) is 14.9 Å². The quantitative estimate of drug-likeness (QED) is 0.431. The Morgan fingerprint density at radius 3 is 2.59 bits per heavy atom. The van der Waals surface area contributed by atoms with E-state index in [2.05, 4.69) is 0 Å². The minimum atomic E-state index is -0.426. The largest absolute Gasteiger partial charge is 0.466 e. The normalized spacial score (nSPS) is 11.8. The van der Waals surface area contributed by atoms with Crippen LogP contribution in [0.25, 0.3) is 0 Å². The van der Waals surface area contributed by atoms with Gasteiger partial charge in [0.15, 0.2) is 0 Å². The Hall–Kier alpha value is -1.91. The van der Waals surface area contributed by atoms with Gasteiger partial charge in [-0.2, -0.15) is 0 Å². The third kappa shape index (κ3) is 4.63. The maximum Gasteiger partial charge on any atom is 0.306 e. The van der Waals surface area contributed by atoms with Crippen molar-refractivity contribution in [3.63, 3.8) is 0 Å². The van der Waals surface area contributed by atoms with Crippen LogP contribution >= 0.6 is 0 Å². The highest BCUT2D eigenvalue weighted by Crippen LogP contribution is 2.20. The van der Waals surface area contributed by atoms with E-state index < -0.39 is 16.8 Å². The molecule has 0 aliphatic carbocycles. The Balaban J connectivity index is 2.74. The van der Waals surface area contributed by atoms with Crippen molar-refractivity contribution in [1.29, 1.82) is 0 Å². The van der Waals surface area contributed by atoms with Crippen LogP contribution in [0.4, 0.5) is 0 Å². The van der Waals surface area contributed by atoms with Crippen LogP contribution in [0, 0.1) is 10.1 Å². The van der Waals surface area contributed by atoms with Gasteiger partial charge in [0.2, 0.25) is 6.54 Å². The van der Waals surface area contributed by atoms with E-state index in [1.807, 2.05) is 6.07 Å². The molecule has 0 aliphatic rings. The van der Waals surface area contributed by atoms with E-state index in [1.165, 1.54) is 0 Å². The monoisotopic (exact) mass is 237 g/mol. The highest BCUT2D eigenvalue weighted by molar-refractivity contribution is 5.70. The number of hydrogen-bond donors (Lipinski definition) is 0. The second-order valence-corrected chi connectivity index (χ2v) is 3.63. The molecule has 17 heavy (non-hydrogen) atoms. The van der Waals surface area contributed by atoms with E-state index in [9.17, 15) is 14.9 Å². The van der Waals surface area contributed by atoms with Gasteiger partial charge in [0.1, 0.15) is 0 Å². The van der Waals surface area contributed by atoms with Gasteiger partial charge in [-0.1, -0.05) is 30.3 Å². The summed E-state index contributed by atoms with van der Waals surface area (Å²) in [6, 6.07) is 9.00. The van der Waals surface area contributed by atoms with Gasteiger partial charge in [0.05, 0.1) is 18.9 Å². The van der Waals surface area contributed by atoms with Gasteiger partial charge < -0.3 is 4.74 Å². The molecular weight excluding hydrogens is 222 g/mol. The van der Waals surface area contributed by atoms with Crippen molar-refractivity contribution in [2.24, 2.45) is 0 Å². The lowest BCUT2D eigenvalue weighted by molar-refractivity contribution is -0.483. The van der Waals surface area contributed by atoms with E-state index in [4.69, 9.17) is 4.74 Å². The summed E-state index contributed by atoms with van der Waals surface area (Å²) in [5.41, 5.74) is 0.789. The number of rotatable bonds is 6. The second kappa shape index (κ2) is 6.62. The van der Waals surface area contributed by atoms with Crippen molar-refractivity contribution in [3.05, 3.63) is 46.0 Å². The number of hydrogen-bond acceptors (Lipinski definition) is 4. The number of benzene rings is 1. The summed E-state index contributed by atoms with van der Waals surface area (Å²) in [5, 5.41) is 10.6. The van der Waals surface area contributed by atoms with Crippen LogP contribution in [0.1, 0.15) is 24.8 Å². The maximum absolute atomic E-state index is 11.4. The molecule has 0 heterocycles. The topological polar surface area (TPSA) is 69.4 Å². The standard InChI is InChI=1S/C12H15NO4/c1-2-17-12(14)8-11(9-13(15)16)10-6-4-3-5-7-10/h3-7,11H,2,8-9H2,1H3.